The van der Waals surface area contributed by atoms with E-state index in [4.69, 9.17) is 11.6 Å². The standard InChI is InChI=1S/C14H22ClN5O/c1-10-12(13(15)18(2)17-10)9-19-7-8-20(14(19)21)11-3-5-16-6-4-11/h11,16H,3-9H2,1-2H3. The third-order valence-electron chi connectivity index (χ3n) is 4.50. The highest BCUT2D eigenvalue weighted by molar-refractivity contribution is 6.30. The summed E-state index contributed by atoms with van der Waals surface area (Å²) in [5, 5.41) is 8.28. The van der Waals surface area contributed by atoms with Crippen LogP contribution in [0.15, 0.2) is 0 Å². The summed E-state index contributed by atoms with van der Waals surface area (Å²) in [4.78, 5) is 16.5. The number of rotatable bonds is 3. The van der Waals surface area contributed by atoms with Gasteiger partial charge in [0, 0.05) is 31.7 Å². The van der Waals surface area contributed by atoms with Crippen LogP contribution in [0.4, 0.5) is 4.79 Å². The van der Waals surface area contributed by atoms with Gasteiger partial charge in [0.15, 0.2) is 0 Å². The molecule has 2 aliphatic heterocycles. The molecule has 6 nitrogen and oxygen atoms in total. The number of aromatic nitrogens is 2. The van der Waals surface area contributed by atoms with Crippen molar-refractivity contribution < 1.29 is 4.79 Å². The molecule has 2 fully saturated rings. The minimum absolute atomic E-state index is 0.140. The molecular formula is C14H22ClN5O. The Balaban J connectivity index is 1.69. The molecule has 2 aliphatic rings. The van der Waals surface area contributed by atoms with Crippen LogP contribution in [0.1, 0.15) is 24.1 Å². The van der Waals surface area contributed by atoms with Crippen LogP contribution in [0.25, 0.3) is 0 Å². The number of piperidine rings is 1. The molecule has 0 atom stereocenters. The molecule has 21 heavy (non-hydrogen) atoms. The summed E-state index contributed by atoms with van der Waals surface area (Å²) in [6.07, 6.45) is 2.10. The van der Waals surface area contributed by atoms with E-state index in [1.807, 2.05) is 23.8 Å². The number of nitrogens with zero attached hydrogens (tertiary/aromatic N) is 4. The lowest BCUT2D eigenvalue weighted by Crippen LogP contribution is -2.45. The number of aryl methyl sites for hydroxylation is 2. The summed E-state index contributed by atoms with van der Waals surface area (Å²) in [6.45, 7) is 6.09. The lowest BCUT2D eigenvalue weighted by molar-refractivity contribution is 0.164. The first-order valence-corrected chi connectivity index (χ1v) is 7.90. The number of carbonyl (C=O) groups excluding carboxylic acids is 1. The summed E-state index contributed by atoms with van der Waals surface area (Å²) in [7, 11) is 1.83. The highest BCUT2D eigenvalue weighted by atomic mass is 35.5. The van der Waals surface area contributed by atoms with E-state index in [9.17, 15) is 4.79 Å². The zero-order valence-electron chi connectivity index (χ0n) is 12.6. The van der Waals surface area contributed by atoms with E-state index in [1.165, 1.54) is 0 Å². The Morgan fingerprint density at radius 1 is 1.33 bits per heavy atom. The minimum Gasteiger partial charge on any atom is -0.320 e. The van der Waals surface area contributed by atoms with Gasteiger partial charge in [-0.05, 0) is 32.9 Å². The zero-order chi connectivity index (χ0) is 15.0. The number of hydrogen-bond acceptors (Lipinski definition) is 3. The summed E-state index contributed by atoms with van der Waals surface area (Å²) in [6, 6.07) is 0.524. The van der Waals surface area contributed by atoms with Crippen molar-refractivity contribution in [2.24, 2.45) is 7.05 Å². The third-order valence-corrected chi connectivity index (χ3v) is 4.97. The van der Waals surface area contributed by atoms with E-state index in [0.29, 0.717) is 17.7 Å². The maximum atomic E-state index is 12.6. The molecule has 0 aromatic carbocycles. The van der Waals surface area contributed by atoms with Gasteiger partial charge < -0.3 is 15.1 Å². The average Bonchev–Trinajstić information content (AvgIpc) is 2.96. The van der Waals surface area contributed by atoms with Crippen LogP contribution in [0.5, 0.6) is 0 Å². The van der Waals surface area contributed by atoms with E-state index in [-0.39, 0.29) is 6.03 Å². The summed E-state index contributed by atoms with van der Waals surface area (Å²) >= 11 is 6.27. The molecule has 7 heteroatoms. The van der Waals surface area contributed by atoms with Crippen LogP contribution in [0.2, 0.25) is 5.15 Å². The number of urea groups is 1. The lowest BCUT2D eigenvalue weighted by atomic mass is 10.1. The summed E-state index contributed by atoms with van der Waals surface area (Å²) < 4.78 is 1.66. The molecule has 1 N–H and O–H groups in total. The quantitative estimate of drug-likeness (QED) is 0.917. The predicted octanol–water partition coefficient (Wildman–Crippen LogP) is 1.37. The lowest BCUT2D eigenvalue weighted by Gasteiger charge is -2.31. The van der Waals surface area contributed by atoms with E-state index in [2.05, 4.69) is 10.4 Å². The fraction of sp³-hybridized carbons (Fsp3) is 0.714. The number of halogens is 1. The number of amides is 2. The van der Waals surface area contributed by atoms with E-state index >= 15 is 0 Å². The molecule has 1 aromatic heterocycles. The second-order valence-corrected chi connectivity index (χ2v) is 6.22. The highest BCUT2D eigenvalue weighted by Gasteiger charge is 2.34. The van der Waals surface area contributed by atoms with Crippen LogP contribution in [0.3, 0.4) is 0 Å². The Bertz CT molecular complexity index is 538. The Kier molecular flexibility index (Phi) is 4.08. The van der Waals surface area contributed by atoms with Gasteiger partial charge in [-0.15, -0.1) is 0 Å². The fourth-order valence-corrected chi connectivity index (χ4v) is 3.48. The van der Waals surface area contributed by atoms with Crippen molar-refractivity contribution in [2.75, 3.05) is 26.2 Å². The largest absolute Gasteiger partial charge is 0.320 e. The van der Waals surface area contributed by atoms with Crippen molar-refractivity contribution in [1.82, 2.24) is 24.9 Å². The van der Waals surface area contributed by atoms with Crippen molar-refractivity contribution >= 4 is 17.6 Å². The van der Waals surface area contributed by atoms with Gasteiger partial charge in [0.05, 0.1) is 12.2 Å². The number of nitrogens with one attached hydrogen (secondary N) is 1. The van der Waals surface area contributed by atoms with Crippen LogP contribution in [0, 0.1) is 6.92 Å². The molecule has 1 aromatic rings. The van der Waals surface area contributed by atoms with E-state index < -0.39 is 0 Å². The monoisotopic (exact) mass is 311 g/mol. The van der Waals surface area contributed by atoms with Gasteiger partial charge in [0.1, 0.15) is 5.15 Å². The van der Waals surface area contributed by atoms with Gasteiger partial charge in [-0.25, -0.2) is 4.79 Å². The zero-order valence-corrected chi connectivity index (χ0v) is 13.4. The first kappa shape index (κ1) is 14.7. The first-order valence-electron chi connectivity index (χ1n) is 7.52. The normalized spacial score (nSPS) is 20.6. The van der Waals surface area contributed by atoms with Gasteiger partial charge in [0.25, 0.3) is 0 Å². The molecule has 0 unspecified atom stereocenters. The Labute approximate surface area is 130 Å². The van der Waals surface area contributed by atoms with E-state index in [0.717, 1.165) is 50.3 Å². The summed E-state index contributed by atoms with van der Waals surface area (Å²) in [5.74, 6) is 0. The smallest absolute Gasteiger partial charge is 0.320 e. The van der Waals surface area contributed by atoms with Crippen LogP contribution >= 0.6 is 11.6 Å². The van der Waals surface area contributed by atoms with Crippen molar-refractivity contribution in [3.8, 4) is 0 Å². The molecule has 0 radical (unpaired) electrons. The van der Waals surface area contributed by atoms with Crippen molar-refractivity contribution in [3.63, 3.8) is 0 Å². The molecule has 0 bridgehead atoms. The maximum Gasteiger partial charge on any atom is 0.320 e. The summed E-state index contributed by atoms with van der Waals surface area (Å²) in [5.41, 5.74) is 1.86. The molecule has 2 amide bonds. The molecule has 2 saturated heterocycles. The second kappa shape index (κ2) is 5.85. The maximum absolute atomic E-state index is 12.6. The Hall–Kier alpha value is -1.27. The Morgan fingerprint density at radius 3 is 2.67 bits per heavy atom. The number of carbonyl (C=O) groups is 1. The van der Waals surface area contributed by atoms with Crippen molar-refractivity contribution in [1.29, 1.82) is 0 Å². The molecule has 3 heterocycles. The third kappa shape index (κ3) is 2.74. The van der Waals surface area contributed by atoms with Crippen LogP contribution in [-0.2, 0) is 13.6 Å². The van der Waals surface area contributed by atoms with Gasteiger partial charge >= 0.3 is 6.03 Å². The van der Waals surface area contributed by atoms with Crippen molar-refractivity contribution in [3.05, 3.63) is 16.4 Å². The van der Waals surface area contributed by atoms with Gasteiger partial charge in [-0.1, -0.05) is 11.6 Å². The molecule has 0 aliphatic carbocycles. The van der Waals surface area contributed by atoms with Crippen LogP contribution in [-0.4, -0.2) is 57.8 Å². The first-order chi connectivity index (χ1) is 10.1. The van der Waals surface area contributed by atoms with E-state index in [1.54, 1.807) is 4.68 Å². The van der Waals surface area contributed by atoms with Gasteiger partial charge in [0.2, 0.25) is 0 Å². The van der Waals surface area contributed by atoms with Gasteiger partial charge in [-0.3, -0.25) is 4.68 Å². The van der Waals surface area contributed by atoms with Crippen LogP contribution < -0.4 is 5.32 Å². The molecule has 0 spiro atoms. The molecule has 116 valence electrons. The molecule has 3 rings (SSSR count). The number of hydrogen-bond donors (Lipinski definition) is 1. The minimum atomic E-state index is 0.140. The topological polar surface area (TPSA) is 53.4 Å². The highest BCUT2D eigenvalue weighted by Crippen LogP contribution is 2.24. The average molecular weight is 312 g/mol. The fourth-order valence-electron chi connectivity index (χ4n) is 3.25. The molecular weight excluding hydrogens is 290 g/mol. The Morgan fingerprint density at radius 2 is 2.05 bits per heavy atom. The SMILES string of the molecule is Cc1nn(C)c(Cl)c1CN1CCN(C2CCNCC2)C1=O. The molecule has 0 saturated carbocycles. The predicted molar refractivity (Wildman–Crippen MR) is 81.4 cm³/mol. The van der Waals surface area contributed by atoms with Crippen molar-refractivity contribution in [2.45, 2.75) is 32.4 Å². The second-order valence-electron chi connectivity index (χ2n) is 5.86. The van der Waals surface area contributed by atoms with Gasteiger partial charge in [-0.2, -0.15) is 5.10 Å².